The van der Waals surface area contributed by atoms with E-state index in [1.54, 1.807) is 33.9 Å². The van der Waals surface area contributed by atoms with E-state index >= 15 is 0 Å². The van der Waals surface area contributed by atoms with E-state index in [9.17, 15) is 13.2 Å². The second-order valence-corrected chi connectivity index (χ2v) is 9.89. The van der Waals surface area contributed by atoms with Gasteiger partial charge in [0.2, 0.25) is 20.9 Å². The molecule has 0 N–H and O–H groups in total. The summed E-state index contributed by atoms with van der Waals surface area (Å²) in [4.78, 5) is 18.7. The van der Waals surface area contributed by atoms with Crippen LogP contribution in [0.2, 0.25) is 0 Å². The number of sulfone groups is 1. The van der Waals surface area contributed by atoms with Crippen molar-refractivity contribution in [2.24, 2.45) is 5.92 Å². The predicted molar refractivity (Wildman–Crippen MR) is 126 cm³/mol. The highest BCUT2D eigenvalue weighted by molar-refractivity contribution is 7.90. The molecule has 7 heteroatoms. The SMILES string of the molecule is C=CCN(Cc1cnc(S(=O)(=O)Cc2ccccc2)n1Cc1ccccc1)C(=O)C(C)C. The molecule has 0 aliphatic rings. The molecule has 0 fully saturated rings. The first-order valence-electron chi connectivity index (χ1n) is 10.6. The molecule has 0 atom stereocenters. The number of amides is 1. The fourth-order valence-electron chi connectivity index (χ4n) is 3.51. The van der Waals surface area contributed by atoms with Crippen LogP contribution in [0.25, 0.3) is 0 Å². The number of hydrogen-bond acceptors (Lipinski definition) is 4. The zero-order valence-corrected chi connectivity index (χ0v) is 19.3. The van der Waals surface area contributed by atoms with Gasteiger partial charge in [0, 0.05) is 12.5 Å². The van der Waals surface area contributed by atoms with Crippen molar-refractivity contribution in [1.82, 2.24) is 14.5 Å². The maximum Gasteiger partial charge on any atom is 0.228 e. The Bertz CT molecular complexity index is 1150. The standard InChI is InChI=1S/C25H29N3O3S/c1-4-15-27(24(29)20(2)3)18-23-16-26-25(28(23)17-21-11-7-5-8-12-21)32(30,31)19-22-13-9-6-10-14-22/h4-14,16,20H,1,15,17-19H2,2-3H3. The first-order valence-corrected chi connectivity index (χ1v) is 12.2. The molecular formula is C25H29N3O3S. The van der Waals surface area contributed by atoms with Crippen LogP contribution >= 0.6 is 0 Å². The van der Waals surface area contributed by atoms with Gasteiger partial charge in [-0.15, -0.1) is 6.58 Å². The molecule has 3 rings (SSSR count). The molecule has 3 aromatic rings. The Kier molecular flexibility index (Phi) is 7.64. The fraction of sp³-hybridized carbons (Fsp3) is 0.280. The molecule has 0 aliphatic carbocycles. The van der Waals surface area contributed by atoms with Crippen molar-refractivity contribution in [3.63, 3.8) is 0 Å². The van der Waals surface area contributed by atoms with Crippen LogP contribution < -0.4 is 0 Å². The van der Waals surface area contributed by atoms with Crippen LogP contribution in [0.5, 0.6) is 0 Å². The van der Waals surface area contributed by atoms with Crippen LogP contribution in [0.4, 0.5) is 0 Å². The van der Waals surface area contributed by atoms with E-state index in [0.717, 1.165) is 5.56 Å². The minimum atomic E-state index is -3.70. The summed E-state index contributed by atoms with van der Waals surface area (Å²) in [6.07, 6.45) is 3.23. The average molecular weight is 452 g/mol. The zero-order valence-electron chi connectivity index (χ0n) is 18.5. The smallest absolute Gasteiger partial charge is 0.228 e. The second-order valence-electron chi connectivity index (χ2n) is 8.01. The Balaban J connectivity index is 2.01. The van der Waals surface area contributed by atoms with Crippen molar-refractivity contribution in [2.45, 2.75) is 37.8 Å². The number of rotatable bonds is 10. The van der Waals surface area contributed by atoms with Crippen LogP contribution in [-0.2, 0) is 33.5 Å². The largest absolute Gasteiger partial charge is 0.333 e. The molecule has 32 heavy (non-hydrogen) atoms. The molecule has 0 saturated heterocycles. The van der Waals surface area contributed by atoms with E-state index in [1.807, 2.05) is 62.4 Å². The van der Waals surface area contributed by atoms with E-state index in [-0.39, 0.29) is 29.3 Å². The highest BCUT2D eigenvalue weighted by Crippen LogP contribution is 2.21. The molecule has 0 radical (unpaired) electrons. The van der Waals surface area contributed by atoms with Gasteiger partial charge in [0.15, 0.2) is 0 Å². The first kappa shape index (κ1) is 23.5. The van der Waals surface area contributed by atoms with Crippen molar-refractivity contribution in [1.29, 1.82) is 0 Å². The summed E-state index contributed by atoms with van der Waals surface area (Å²) < 4.78 is 28.3. The molecule has 1 amide bonds. The van der Waals surface area contributed by atoms with Gasteiger partial charge < -0.3 is 9.47 Å². The molecule has 1 aromatic heterocycles. The zero-order chi connectivity index (χ0) is 23.1. The summed E-state index contributed by atoms with van der Waals surface area (Å²) in [6, 6.07) is 18.7. The number of nitrogens with zero attached hydrogens (tertiary/aromatic N) is 3. The lowest BCUT2D eigenvalue weighted by molar-refractivity contribution is -0.134. The van der Waals surface area contributed by atoms with Crippen molar-refractivity contribution in [3.05, 3.63) is 96.3 Å². The van der Waals surface area contributed by atoms with Crippen molar-refractivity contribution in [2.75, 3.05) is 6.54 Å². The molecule has 168 valence electrons. The highest BCUT2D eigenvalue weighted by atomic mass is 32.2. The van der Waals surface area contributed by atoms with Gasteiger partial charge in [0.25, 0.3) is 0 Å². The summed E-state index contributed by atoms with van der Waals surface area (Å²) in [5, 5.41) is 0.00996. The maximum atomic E-state index is 13.3. The lowest BCUT2D eigenvalue weighted by Crippen LogP contribution is -2.34. The Labute approximate surface area is 190 Å². The number of aromatic nitrogens is 2. The molecule has 6 nitrogen and oxygen atoms in total. The van der Waals surface area contributed by atoms with Crippen molar-refractivity contribution >= 4 is 15.7 Å². The number of carbonyl (C=O) groups excluding carboxylic acids is 1. The van der Waals surface area contributed by atoms with Crippen LogP contribution in [0.15, 0.2) is 84.7 Å². The molecule has 0 unspecified atom stereocenters. The number of benzene rings is 2. The Hall–Kier alpha value is -3.19. The van der Waals surface area contributed by atoms with Gasteiger partial charge in [-0.25, -0.2) is 13.4 Å². The summed E-state index contributed by atoms with van der Waals surface area (Å²) in [7, 11) is -3.70. The molecular weight excluding hydrogens is 422 g/mol. The van der Waals surface area contributed by atoms with E-state index in [0.29, 0.717) is 24.3 Å². The van der Waals surface area contributed by atoms with Gasteiger partial charge >= 0.3 is 0 Å². The average Bonchev–Trinajstić information content (AvgIpc) is 3.17. The third-order valence-corrected chi connectivity index (χ3v) is 6.67. The molecule has 0 spiro atoms. The first-order chi connectivity index (χ1) is 15.3. The number of hydrogen-bond donors (Lipinski definition) is 0. The molecule has 0 saturated carbocycles. The summed E-state index contributed by atoms with van der Waals surface area (Å²) in [5.41, 5.74) is 2.32. The van der Waals surface area contributed by atoms with Gasteiger partial charge in [0.1, 0.15) is 0 Å². The van der Waals surface area contributed by atoms with Gasteiger partial charge in [-0.2, -0.15) is 0 Å². The normalized spacial score (nSPS) is 11.5. The van der Waals surface area contributed by atoms with Gasteiger partial charge in [-0.1, -0.05) is 80.6 Å². The lowest BCUT2D eigenvalue weighted by Gasteiger charge is -2.24. The maximum absolute atomic E-state index is 13.3. The number of carbonyl (C=O) groups is 1. The minimum absolute atomic E-state index is 0.00996. The summed E-state index contributed by atoms with van der Waals surface area (Å²) in [6.45, 7) is 8.41. The summed E-state index contributed by atoms with van der Waals surface area (Å²) >= 11 is 0. The predicted octanol–water partition coefficient (Wildman–Crippen LogP) is 4.08. The van der Waals surface area contributed by atoms with Gasteiger partial charge in [-0.05, 0) is 11.1 Å². The van der Waals surface area contributed by atoms with E-state index < -0.39 is 9.84 Å². The third kappa shape index (κ3) is 5.73. The fourth-order valence-corrected chi connectivity index (χ4v) is 5.00. The van der Waals surface area contributed by atoms with Gasteiger partial charge in [0.05, 0.1) is 30.7 Å². The Morgan fingerprint density at radius 3 is 2.22 bits per heavy atom. The van der Waals surface area contributed by atoms with Crippen LogP contribution in [0, 0.1) is 5.92 Å². The monoisotopic (exact) mass is 451 g/mol. The second kappa shape index (κ2) is 10.4. The van der Waals surface area contributed by atoms with Crippen LogP contribution in [0.1, 0.15) is 30.7 Å². The van der Waals surface area contributed by atoms with Crippen LogP contribution in [0.3, 0.4) is 0 Å². The van der Waals surface area contributed by atoms with Crippen molar-refractivity contribution < 1.29 is 13.2 Å². The van der Waals surface area contributed by atoms with Crippen LogP contribution in [-0.4, -0.2) is 35.3 Å². The molecule has 0 bridgehead atoms. The topological polar surface area (TPSA) is 72.3 Å². The Morgan fingerprint density at radius 2 is 1.66 bits per heavy atom. The van der Waals surface area contributed by atoms with Gasteiger partial charge in [-0.3, -0.25) is 4.79 Å². The molecule has 2 aromatic carbocycles. The lowest BCUT2D eigenvalue weighted by atomic mass is 10.2. The minimum Gasteiger partial charge on any atom is -0.333 e. The van der Waals surface area contributed by atoms with Crippen molar-refractivity contribution in [3.8, 4) is 0 Å². The Morgan fingerprint density at radius 1 is 1.06 bits per heavy atom. The summed E-state index contributed by atoms with van der Waals surface area (Å²) in [5.74, 6) is -0.340. The van der Waals surface area contributed by atoms with E-state index in [2.05, 4.69) is 11.6 Å². The highest BCUT2D eigenvalue weighted by Gasteiger charge is 2.26. The third-order valence-electron chi connectivity index (χ3n) is 5.07. The molecule has 1 heterocycles. The number of imidazole rings is 1. The quantitative estimate of drug-likeness (QED) is 0.436. The van der Waals surface area contributed by atoms with E-state index in [1.165, 1.54) is 0 Å². The molecule has 0 aliphatic heterocycles. The van der Waals surface area contributed by atoms with E-state index in [4.69, 9.17) is 0 Å².